The number of phosphoric ester groups is 1. The third-order valence-corrected chi connectivity index (χ3v) is 11.4. The Kier molecular flexibility index (Phi) is 40.3. The molecular weight excluding hydrogens is 767 g/mol. The fraction of sp³-hybridized carbons (Fsp3) is 0.833. The number of esters is 2. The first kappa shape index (κ1) is 57.2. The molecule has 0 rings (SSSR count). The fourth-order valence-corrected chi connectivity index (χ4v) is 7.17. The van der Waals surface area contributed by atoms with Crippen molar-refractivity contribution in [1.29, 1.82) is 0 Å². The van der Waals surface area contributed by atoms with E-state index in [9.17, 15) is 24.4 Å². The molecule has 0 saturated heterocycles. The largest absolute Gasteiger partial charge is 0.469 e. The summed E-state index contributed by atoms with van der Waals surface area (Å²) in [5, 5.41) is 20.6. The first-order valence-corrected chi connectivity index (χ1v) is 25.4. The van der Waals surface area contributed by atoms with E-state index in [-0.39, 0.29) is 25.7 Å². The Morgan fingerprint density at radius 3 is 1.58 bits per heavy atom. The van der Waals surface area contributed by atoms with Crippen LogP contribution in [0.5, 0.6) is 0 Å². The van der Waals surface area contributed by atoms with E-state index < -0.39 is 51.3 Å². The molecule has 0 aliphatic heterocycles. The minimum absolute atomic E-state index is 0.0451. The number of aliphatic hydroxyl groups excluding tert-OH is 2. The van der Waals surface area contributed by atoms with Gasteiger partial charge in [-0.05, 0) is 57.3 Å². The van der Waals surface area contributed by atoms with Gasteiger partial charge in [-0.25, -0.2) is 4.57 Å². The second-order valence-corrected chi connectivity index (χ2v) is 17.9. The molecule has 0 aromatic carbocycles. The Bertz CT molecular complexity index is 1100. The number of hydrogen-bond acceptors (Lipinski definition) is 8. The lowest BCUT2D eigenvalue weighted by Crippen LogP contribution is -2.29. The highest BCUT2D eigenvalue weighted by atomic mass is 31.2. The number of carbonyl (C=O) groups excluding carboxylic acids is 2. The maximum atomic E-state index is 12.5. The summed E-state index contributed by atoms with van der Waals surface area (Å²) in [4.78, 5) is 43.1. The van der Waals surface area contributed by atoms with E-state index in [1.165, 1.54) is 122 Å². The van der Waals surface area contributed by atoms with E-state index in [2.05, 4.69) is 49.6 Å². The summed E-state index contributed by atoms with van der Waals surface area (Å²) < 4.78 is 26.3. The van der Waals surface area contributed by atoms with Crippen molar-refractivity contribution in [3.63, 3.8) is 0 Å². The number of rotatable bonds is 43. The van der Waals surface area contributed by atoms with Crippen molar-refractivity contribution < 1.29 is 48.2 Å². The maximum absolute atomic E-state index is 12.5. The lowest BCUT2D eigenvalue weighted by atomic mass is 9.99. The average Bonchev–Trinajstić information content (AvgIpc) is 3.20. The zero-order chi connectivity index (χ0) is 43.7. The van der Waals surface area contributed by atoms with Crippen molar-refractivity contribution in [1.82, 2.24) is 0 Å². The molecule has 0 bridgehead atoms. The predicted molar refractivity (Wildman–Crippen MR) is 242 cm³/mol. The molecule has 0 aliphatic carbocycles. The van der Waals surface area contributed by atoms with Crippen molar-refractivity contribution in [2.45, 2.75) is 238 Å². The van der Waals surface area contributed by atoms with Gasteiger partial charge in [0.25, 0.3) is 0 Å². The van der Waals surface area contributed by atoms with Crippen LogP contribution in [0.3, 0.4) is 0 Å². The summed E-state index contributed by atoms with van der Waals surface area (Å²) in [7, 11) is -4.83. The zero-order valence-electron chi connectivity index (χ0n) is 37.8. The molecule has 3 unspecified atom stereocenters. The van der Waals surface area contributed by atoms with Crippen molar-refractivity contribution >= 4 is 19.8 Å². The van der Waals surface area contributed by atoms with Crippen molar-refractivity contribution in [2.75, 3.05) is 13.2 Å². The summed E-state index contributed by atoms with van der Waals surface area (Å²) in [6.45, 7) is 5.82. The van der Waals surface area contributed by atoms with Crippen LogP contribution < -0.4 is 0 Å². The van der Waals surface area contributed by atoms with E-state index in [1.807, 2.05) is 12.2 Å². The molecule has 0 fully saturated rings. The normalized spacial score (nSPS) is 14.4. The molecule has 0 aromatic rings. The molecule has 346 valence electrons. The maximum Gasteiger partial charge on any atom is 0.469 e. The van der Waals surface area contributed by atoms with Crippen LogP contribution in [0, 0.1) is 5.92 Å². The van der Waals surface area contributed by atoms with E-state index in [0.717, 1.165) is 44.4 Å². The van der Waals surface area contributed by atoms with Gasteiger partial charge in [-0.15, -0.1) is 0 Å². The molecule has 0 radical (unpaired) electrons. The summed E-state index contributed by atoms with van der Waals surface area (Å²) >= 11 is 0. The Balaban J connectivity index is 4.03. The number of hydrogen-bond donors (Lipinski definition) is 4. The van der Waals surface area contributed by atoms with Gasteiger partial charge < -0.3 is 29.5 Å². The van der Waals surface area contributed by atoms with Crippen LogP contribution in [-0.4, -0.2) is 63.5 Å². The number of carbonyl (C=O) groups is 2. The van der Waals surface area contributed by atoms with Gasteiger partial charge in [0.1, 0.15) is 6.61 Å². The van der Waals surface area contributed by atoms with Gasteiger partial charge in [-0.1, -0.05) is 192 Å². The van der Waals surface area contributed by atoms with Gasteiger partial charge in [0.15, 0.2) is 6.10 Å². The second kappa shape index (κ2) is 41.5. The van der Waals surface area contributed by atoms with E-state index >= 15 is 0 Å². The number of allylic oxidation sites excluding steroid dienone is 5. The van der Waals surface area contributed by atoms with Crippen LogP contribution in [0.15, 0.2) is 36.5 Å². The molecule has 11 heteroatoms. The molecule has 0 heterocycles. The van der Waals surface area contributed by atoms with Gasteiger partial charge in [-0.3, -0.25) is 14.1 Å². The van der Waals surface area contributed by atoms with Gasteiger partial charge in [0.2, 0.25) is 0 Å². The Morgan fingerprint density at radius 1 is 0.559 bits per heavy atom. The van der Waals surface area contributed by atoms with Gasteiger partial charge in [-0.2, -0.15) is 0 Å². The average molecular weight is 857 g/mol. The van der Waals surface area contributed by atoms with Crippen LogP contribution in [0.25, 0.3) is 0 Å². The fourth-order valence-electron chi connectivity index (χ4n) is 6.81. The van der Waals surface area contributed by atoms with E-state index in [0.29, 0.717) is 12.8 Å². The monoisotopic (exact) mass is 857 g/mol. The van der Waals surface area contributed by atoms with Crippen molar-refractivity contribution in [3.8, 4) is 0 Å². The summed E-state index contributed by atoms with van der Waals surface area (Å²) in [6, 6.07) is 0. The number of ether oxygens (including phenoxy) is 2. The second-order valence-electron chi connectivity index (χ2n) is 16.6. The predicted octanol–water partition coefficient (Wildman–Crippen LogP) is 12.7. The topological polar surface area (TPSA) is 160 Å². The first-order valence-electron chi connectivity index (χ1n) is 23.8. The number of aliphatic hydroxyl groups is 2. The Labute approximate surface area is 360 Å². The van der Waals surface area contributed by atoms with Crippen LogP contribution in [0.2, 0.25) is 0 Å². The van der Waals surface area contributed by atoms with Crippen molar-refractivity contribution in [2.24, 2.45) is 5.92 Å². The molecule has 0 spiro atoms. The highest BCUT2D eigenvalue weighted by Gasteiger charge is 2.23. The molecule has 0 aliphatic rings. The molecular formula is C48H89O10P. The van der Waals surface area contributed by atoms with E-state index in [1.54, 1.807) is 0 Å². The molecule has 0 saturated carbocycles. The molecule has 10 nitrogen and oxygen atoms in total. The standard InChI is InChI=1S/C48H89O10P/c1-4-6-7-8-9-10-11-21-24-27-30-33-37-45(49)46(50)38-35-40-47(51)56-41-44(42-57-59(53,54)55)58-48(52)39-34-31-28-25-22-19-17-15-13-12-14-16-18-20-23-26-29-32-36-43(3)5-2/h9-10,21,24,30,33,43-46,49-50H,4-8,11-20,22-23,25-29,31-32,34-42H2,1-3H3,(H2,53,54,55)/b10-9-,24-21-,33-30-/t43?,44-,45?,46?/m1/s1. The smallest absolute Gasteiger partial charge is 0.462 e. The number of phosphoric acid groups is 1. The zero-order valence-corrected chi connectivity index (χ0v) is 38.7. The Hall–Kier alpha value is -1.81. The summed E-state index contributed by atoms with van der Waals surface area (Å²) in [5.74, 6) is -0.272. The van der Waals surface area contributed by atoms with Crippen LogP contribution in [0.4, 0.5) is 0 Å². The molecule has 4 N–H and O–H groups in total. The van der Waals surface area contributed by atoms with Gasteiger partial charge >= 0.3 is 19.8 Å². The summed E-state index contributed by atoms with van der Waals surface area (Å²) in [6.07, 6.45) is 41.8. The molecule has 0 amide bonds. The number of unbranched alkanes of at least 4 members (excludes halogenated alkanes) is 20. The van der Waals surface area contributed by atoms with Crippen LogP contribution in [0.1, 0.15) is 220 Å². The lowest BCUT2D eigenvalue weighted by molar-refractivity contribution is -0.161. The molecule has 0 aromatic heterocycles. The van der Waals surface area contributed by atoms with E-state index in [4.69, 9.17) is 19.3 Å². The van der Waals surface area contributed by atoms with Gasteiger partial charge in [0, 0.05) is 12.8 Å². The minimum atomic E-state index is -4.83. The molecule has 59 heavy (non-hydrogen) atoms. The molecule has 4 atom stereocenters. The van der Waals surface area contributed by atoms with Gasteiger partial charge in [0.05, 0.1) is 18.8 Å². The van der Waals surface area contributed by atoms with Crippen LogP contribution >= 0.6 is 7.82 Å². The Morgan fingerprint density at radius 2 is 1.05 bits per heavy atom. The summed E-state index contributed by atoms with van der Waals surface area (Å²) in [5.41, 5.74) is 0. The minimum Gasteiger partial charge on any atom is -0.462 e. The third-order valence-electron chi connectivity index (χ3n) is 10.9. The van der Waals surface area contributed by atoms with Crippen molar-refractivity contribution in [3.05, 3.63) is 36.5 Å². The van der Waals surface area contributed by atoms with Crippen LogP contribution in [-0.2, 0) is 28.2 Å². The lowest BCUT2D eigenvalue weighted by Gasteiger charge is -2.19. The highest BCUT2D eigenvalue weighted by molar-refractivity contribution is 7.46. The third kappa shape index (κ3) is 42.7. The quantitative estimate of drug-likeness (QED) is 0.0201. The first-order chi connectivity index (χ1) is 28.5. The highest BCUT2D eigenvalue weighted by Crippen LogP contribution is 2.36. The SMILES string of the molecule is CCCCC/C=C\C/C=C\C/C=C\CC(O)C(O)CCCC(=O)OC[C@H](COP(=O)(O)O)OC(=O)CCCCCCCCCCCCCCCCCCCCC(C)CC.